The summed E-state index contributed by atoms with van der Waals surface area (Å²) in [4.78, 5) is 0. The molecule has 1 aliphatic heterocycles. The Morgan fingerprint density at radius 3 is 2.62 bits per heavy atom. The Bertz CT molecular complexity index is 524. The van der Waals surface area contributed by atoms with Crippen molar-refractivity contribution in [1.29, 1.82) is 0 Å². The Balaban J connectivity index is 1.92. The van der Waals surface area contributed by atoms with Gasteiger partial charge >= 0.3 is 0 Å². The molecule has 3 atom stereocenters. The van der Waals surface area contributed by atoms with E-state index in [9.17, 15) is 8.42 Å². The first kappa shape index (κ1) is 16.5. The van der Waals surface area contributed by atoms with Gasteiger partial charge in [-0.1, -0.05) is 37.3 Å². The summed E-state index contributed by atoms with van der Waals surface area (Å²) in [5.41, 5.74) is 1.06. The molecular weight excluding hydrogens is 284 g/mol. The SMILES string of the molecule is CC(CS(=O)(=O)NC(C)C1CCCNC1)c1ccccc1. The molecule has 0 aliphatic carbocycles. The van der Waals surface area contributed by atoms with Crippen LogP contribution in [0, 0.1) is 5.92 Å². The largest absolute Gasteiger partial charge is 0.316 e. The Kier molecular flexibility index (Phi) is 5.79. The van der Waals surface area contributed by atoms with Crippen LogP contribution in [0.2, 0.25) is 0 Å². The number of benzene rings is 1. The molecular formula is C16H26N2O2S. The van der Waals surface area contributed by atoms with Crippen molar-refractivity contribution in [3.63, 3.8) is 0 Å². The smallest absolute Gasteiger partial charge is 0.212 e. The second-order valence-corrected chi connectivity index (χ2v) is 7.90. The van der Waals surface area contributed by atoms with E-state index in [1.165, 1.54) is 0 Å². The number of sulfonamides is 1. The normalized spacial score (nSPS) is 22.7. The molecule has 0 aromatic heterocycles. The standard InChI is InChI=1S/C16H26N2O2S/c1-13(15-7-4-3-5-8-15)12-21(19,20)18-14(2)16-9-6-10-17-11-16/h3-5,7-8,13-14,16-18H,6,9-12H2,1-2H3. The van der Waals surface area contributed by atoms with Gasteiger partial charge in [-0.2, -0.15) is 0 Å². The third-order valence-corrected chi connectivity index (χ3v) is 5.92. The lowest BCUT2D eigenvalue weighted by Gasteiger charge is -2.29. The summed E-state index contributed by atoms with van der Waals surface area (Å²) >= 11 is 0. The molecule has 0 saturated carbocycles. The molecule has 3 unspecified atom stereocenters. The van der Waals surface area contributed by atoms with Gasteiger partial charge in [-0.3, -0.25) is 0 Å². The minimum Gasteiger partial charge on any atom is -0.316 e. The van der Waals surface area contributed by atoms with Crippen molar-refractivity contribution in [1.82, 2.24) is 10.0 Å². The van der Waals surface area contributed by atoms with Gasteiger partial charge in [-0.15, -0.1) is 0 Å². The predicted octanol–water partition coefficient (Wildman–Crippen LogP) is 2.10. The maximum Gasteiger partial charge on any atom is 0.212 e. The van der Waals surface area contributed by atoms with Crippen LogP contribution in [0.25, 0.3) is 0 Å². The predicted molar refractivity (Wildman–Crippen MR) is 86.8 cm³/mol. The number of hydrogen-bond donors (Lipinski definition) is 2. The van der Waals surface area contributed by atoms with Crippen LogP contribution < -0.4 is 10.0 Å². The second kappa shape index (κ2) is 7.38. The molecule has 1 aromatic carbocycles. The summed E-state index contributed by atoms with van der Waals surface area (Å²) in [5, 5.41) is 3.33. The first-order chi connectivity index (χ1) is 9.98. The molecule has 1 saturated heterocycles. The van der Waals surface area contributed by atoms with E-state index in [2.05, 4.69) is 10.0 Å². The molecule has 1 fully saturated rings. The van der Waals surface area contributed by atoms with Crippen LogP contribution in [0.1, 0.15) is 38.2 Å². The zero-order valence-corrected chi connectivity index (χ0v) is 13.7. The van der Waals surface area contributed by atoms with Crippen molar-refractivity contribution in [2.45, 2.75) is 38.6 Å². The average molecular weight is 310 g/mol. The molecule has 1 aliphatic rings. The third kappa shape index (κ3) is 5.09. The molecule has 5 heteroatoms. The molecule has 1 heterocycles. The molecule has 118 valence electrons. The van der Waals surface area contributed by atoms with E-state index in [1.807, 2.05) is 44.2 Å². The highest BCUT2D eigenvalue weighted by Gasteiger charge is 2.25. The van der Waals surface area contributed by atoms with Crippen molar-refractivity contribution in [2.24, 2.45) is 5.92 Å². The molecule has 2 rings (SSSR count). The molecule has 1 aromatic rings. The van der Waals surface area contributed by atoms with Crippen molar-refractivity contribution in [2.75, 3.05) is 18.8 Å². The summed E-state index contributed by atoms with van der Waals surface area (Å²) in [7, 11) is -3.26. The second-order valence-electron chi connectivity index (χ2n) is 6.11. The van der Waals surface area contributed by atoms with Gasteiger partial charge in [0.2, 0.25) is 10.0 Å². The van der Waals surface area contributed by atoms with Crippen molar-refractivity contribution >= 4 is 10.0 Å². The van der Waals surface area contributed by atoms with Gasteiger partial charge in [0.25, 0.3) is 0 Å². The minimum absolute atomic E-state index is 0.000353. The highest BCUT2D eigenvalue weighted by atomic mass is 32.2. The topological polar surface area (TPSA) is 58.2 Å². The van der Waals surface area contributed by atoms with E-state index >= 15 is 0 Å². The Labute approximate surface area is 128 Å². The zero-order chi connectivity index (χ0) is 15.3. The number of rotatable bonds is 6. The molecule has 0 radical (unpaired) electrons. The van der Waals surface area contributed by atoms with Crippen molar-refractivity contribution < 1.29 is 8.42 Å². The summed E-state index contributed by atoms with van der Waals surface area (Å²) < 4.78 is 27.5. The number of nitrogens with one attached hydrogen (secondary N) is 2. The van der Waals surface area contributed by atoms with Crippen LogP contribution in [0.3, 0.4) is 0 Å². The Morgan fingerprint density at radius 1 is 1.29 bits per heavy atom. The molecule has 2 N–H and O–H groups in total. The zero-order valence-electron chi connectivity index (χ0n) is 12.9. The lowest BCUT2D eigenvalue weighted by atomic mass is 9.94. The molecule has 4 nitrogen and oxygen atoms in total. The summed E-state index contributed by atoms with van der Waals surface area (Å²) in [5.74, 6) is 0.530. The third-order valence-electron chi connectivity index (χ3n) is 4.25. The Hall–Kier alpha value is -0.910. The van der Waals surface area contributed by atoms with E-state index in [1.54, 1.807) is 0 Å². The first-order valence-corrected chi connectivity index (χ1v) is 9.39. The quantitative estimate of drug-likeness (QED) is 0.846. The van der Waals surface area contributed by atoms with Gasteiger partial charge in [-0.25, -0.2) is 13.1 Å². The van der Waals surface area contributed by atoms with Gasteiger partial charge < -0.3 is 5.32 Å². The highest BCUT2D eigenvalue weighted by molar-refractivity contribution is 7.89. The van der Waals surface area contributed by atoms with Crippen LogP contribution >= 0.6 is 0 Å². The average Bonchev–Trinajstić information content (AvgIpc) is 2.48. The van der Waals surface area contributed by atoms with Crippen LogP contribution in [0.4, 0.5) is 0 Å². The van der Waals surface area contributed by atoms with Gasteiger partial charge in [0.05, 0.1) is 5.75 Å². The van der Waals surface area contributed by atoms with Crippen LogP contribution in [0.15, 0.2) is 30.3 Å². The highest BCUT2D eigenvalue weighted by Crippen LogP contribution is 2.18. The van der Waals surface area contributed by atoms with Gasteiger partial charge in [0.15, 0.2) is 0 Å². The van der Waals surface area contributed by atoms with Crippen LogP contribution in [0.5, 0.6) is 0 Å². The Morgan fingerprint density at radius 2 is 2.00 bits per heavy atom. The fourth-order valence-electron chi connectivity index (χ4n) is 2.94. The lowest BCUT2D eigenvalue weighted by molar-refractivity contribution is 0.320. The fraction of sp³-hybridized carbons (Fsp3) is 0.625. The lowest BCUT2D eigenvalue weighted by Crippen LogP contribution is -2.45. The maximum absolute atomic E-state index is 12.3. The van der Waals surface area contributed by atoms with Crippen molar-refractivity contribution in [3.05, 3.63) is 35.9 Å². The van der Waals surface area contributed by atoms with Gasteiger partial charge in [-0.05, 0) is 50.3 Å². The van der Waals surface area contributed by atoms with E-state index in [-0.39, 0.29) is 17.7 Å². The number of piperidine rings is 1. The van der Waals surface area contributed by atoms with Crippen LogP contribution in [-0.4, -0.2) is 33.3 Å². The fourth-order valence-corrected chi connectivity index (χ4v) is 4.65. The van der Waals surface area contributed by atoms with E-state index in [4.69, 9.17) is 0 Å². The van der Waals surface area contributed by atoms with E-state index < -0.39 is 10.0 Å². The van der Waals surface area contributed by atoms with Gasteiger partial charge in [0.1, 0.15) is 0 Å². The molecule has 0 spiro atoms. The van der Waals surface area contributed by atoms with Crippen molar-refractivity contribution in [3.8, 4) is 0 Å². The molecule has 0 bridgehead atoms. The first-order valence-electron chi connectivity index (χ1n) is 7.73. The molecule has 0 amide bonds. The maximum atomic E-state index is 12.3. The van der Waals surface area contributed by atoms with E-state index in [0.29, 0.717) is 5.92 Å². The summed E-state index contributed by atoms with van der Waals surface area (Å²) in [6, 6.07) is 9.79. The van der Waals surface area contributed by atoms with Crippen LogP contribution in [-0.2, 0) is 10.0 Å². The summed E-state index contributed by atoms with van der Waals surface area (Å²) in [6.45, 7) is 5.88. The number of hydrogen-bond acceptors (Lipinski definition) is 3. The van der Waals surface area contributed by atoms with Gasteiger partial charge in [0, 0.05) is 6.04 Å². The van der Waals surface area contributed by atoms with E-state index in [0.717, 1.165) is 31.5 Å². The molecule has 21 heavy (non-hydrogen) atoms. The minimum atomic E-state index is -3.26. The summed E-state index contributed by atoms with van der Waals surface area (Å²) in [6.07, 6.45) is 2.21. The monoisotopic (exact) mass is 310 g/mol.